The van der Waals surface area contributed by atoms with Gasteiger partial charge >= 0.3 is 0 Å². The molecule has 4 aromatic rings. The molecule has 0 aliphatic rings. The number of ether oxygens (including phenoxy) is 1. The molecular weight excluding hydrogens is 361 g/mol. The molecule has 25 heavy (non-hydrogen) atoms. The molecule has 8 heteroatoms. The molecule has 0 bridgehead atoms. The minimum Gasteiger partial charge on any atom is -0.489 e. The monoisotopic (exact) mass is 375 g/mol. The van der Waals surface area contributed by atoms with E-state index in [2.05, 4.69) is 4.98 Å². The minimum absolute atomic E-state index is 0.0934. The predicted octanol–water partition coefficient (Wildman–Crippen LogP) is 3.90. The molecular formula is C17H14FN3O2S2. The number of hydrogen-bond donors (Lipinski definition) is 0. The molecule has 4 rings (SSSR count). The smallest absolute Gasteiger partial charge is 0.263 e. The number of benzene rings is 1. The molecule has 3 heterocycles. The highest BCUT2D eigenvalue weighted by Gasteiger charge is 2.18. The first kappa shape index (κ1) is 16.0. The first-order valence-corrected chi connectivity index (χ1v) is 9.31. The molecule has 128 valence electrons. The van der Waals surface area contributed by atoms with E-state index in [9.17, 15) is 9.18 Å². The van der Waals surface area contributed by atoms with Crippen molar-refractivity contribution in [2.75, 3.05) is 20.2 Å². The molecule has 0 N–H and O–H groups in total. The van der Waals surface area contributed by atoms with Gasteiger partial charge in [0.25, 0.3) is 5.91 Å². The van der Waals surface area contributed by atoms with Crippen molar-refractivity contribution >= 4 is 43.9 Å². The van der Waals surface area contributed by atoms with E-state index >= 15 is 0 Å². The number of thiophene rings is 1. The fourth-order valence-corrected chi connectivity index (χ4v) is 4.29. The number of fused-ring (bicyclic) bond motifs is 3. The maximum absolute atomic E-state index is 13.5. The quantitative estimate of drug-likeness (QED) is 0.531. The van der Waals surface area contributed by atoms with Crippen molar-refractivity contribution in [3.63, 3.8) is 0 Å². The number of nitrogens with zero attached hydrogens (tertiary/aromatic N) is 3. The van der Waals surface area contributed by atoms with Crippen LogP contribution in [0.25, 0.3) is 15.3 Å². The van der Waals surface area contributed by atoms with E-state index in [0.717, 1.165) is 15.3 Å². The van der Waals surface area contributed by atoms with Gasteiger partial charge in [0.2, 0.25) is 0 Å². The number of imidazole rings is 1. The van der Waals surface area contributed by atoms with E-state index in [1.54, 1.807) is 41.5 Å². The van der Waals surface area contributed by atoms with Crippen molar-refractivity contribution in [1.82, 2.24) is 14.3 Å². The summed E-state index contributed by atoms with van der Waals surface area (Å²) in [5, 5.41) is 1.97. The highest BCUT2D eigenvalue weighted by atomic mass is 32.1. The van der Waals surface area contributed by atoms with Crippen LogP contribution in [0.5, 0.6) is 5.75 Å². The summed E-state index contributed by atoms with van der Waals surface area (Å²) in [7, 11) is 1.71. The second-order valence-corrected chi connectivity index (χ2v) is 7.38. The van der Waals surface area contributed by atoms with E-state index < -0.39 is 5.82 Å². The summed E-state index contributed by atoms with van der Waals surface area (Å²) in [6.07, 6.45) is 1.95. The molecule has 3 aromatic heterocycles. The summed E-state index contributed by atoms with van der Waals surface area (Å²) in [5.74, 6) is -0.306. The Kier molecular flexibility index (Phi) is 4.14. The van der Waals surface area contributed by atoms with Crippen LogP contribution in [-0.2, 0) is 0 Å². The zero-order valence-corrected chi connectivity index (χ0v) is 14.9. The summed E-state index contributed by atoms with van der Waals surface area (Å²) in [4.78, 5) is 21.1. The largest absolute Gasteiger partial charge is 0.489 e. The Hall–Kier alpha value is -2.45. The van der Waals surface area contributed by atoms with Crippen LogP contribution in [-0.4, -0.2) is 40.4 Å². The maximum atomic E-state index is 13.5. The number of para-hydroxylation sites is 1. The lowest BCUT2D eigenvalue weighted by molar-refractivity contribution is 0.0777. The Morgan fingerprint density at radius 2 is 2.24 bits per heavy atom. The number of halogens is 1. The number of rotatable bonds is 5. The van der Waals surface area contributed by atoms with E-state index in [0.29, 0.717) is 11.4 Å². The standard InChI is InChI=1S/C17H14FN3O2S2/c1-20(6-8-23-13-5-3-2-4-11(13)18)16(22)14-10-12-15(25-14)19-17-21(12)7-9-24-17/h2-5,7,9-10H,6,8H2,1H3. The number of aromatic nitrogens is 2. The van der Waals surface area contributed by atoms with Gasteiger partial charge in [-0.2, -0.15) is 0 Å². The Labute approximate surface area is 150 Å². The number of carbonyl (C=O) groups is 1. The number of hydrogen-bond acceptors (Lipinski definition) is 5. The Bertz CT molecular complexity index is 1050. The Morgan fingerprint density at radius 1 is 1.40 bits per heavy atom. The molecule has 0 atom stereocenters. The van der Waals surface area contributed by atoms with Crippen molar-refractivity contribution < 1.29 is 13.9 Å². The van der Waals surface area contributed by atoms with Crippen molar-refractivity contribution in [1.29, 1.82) is 0 Å². The van der Waals surface area contributed by atoms with Gasteiger partial charge in [-0.1, -0.05) is 12.1 Å². The molecule has 0 aliphatic carbocycles. The van der Waals surface area contributed by atoms with Crippen LogP contribution in [0.15, 0.2) is 41.9 Å². The molecule has 0 aliphatic heterocycles. The van der Waals surface area contributed by atoms with Crippen LogP contribution in [0.3, 0.4) is 0 Å². The normalized spacial score (nSPS) is 11.3. The summed E-state index contributed by atoms with van der Waals surface area (Å²) < 4.78 is 20.9. The lowest BCUT2D eigenvalue weighted by atomic mass is 10.3. The first-order valence-electron chi connectivity index (χ1n) is 7.61. The van der Waals surface area contributed by atoms with Gasteiger partial charge in [-0.15, -0.1) is 22.7 Å². The van der Waals surface area contributed by atoms with Gasteiger partial charge in [0.1, 0.15) is 11.4 Å². The van der Waals surface area contributed by atoms with Crippen molar-refractivity contribution in [3.05, 3.63) is 52.6 Å². The topological polar surface area (TPSA) is 46.8 Å². The second-order valence-electron chi connectivity index (χ2n) is 5.47. The molecule has 1 aromatic carbocycles. The molecule has 0 saturated carbocycles. The van der Waals surface area contributed by atoms with E-state index in [1.807, 2.05) is 22.0 Å². The predicted molar refractivity (Wildman–Crippen MR) is 97.3 cm³/mol. The molecule has 0 spiro atoms. The van der Waals surface area contributed by atoms with E-state index in [1.165, 1.54) is 17.4 Å². The summed E-state index contributed by atoms with van der Waals surface area (Å²) in [5.41, 5.74) is 0.945. The van der Waals surface area contributed by atoms with Crippen LogP contribution in [0.1, 0.15) is 9.67 Å². The fourth-order valence-electron chi connectivity index (χ4n) is 2.50. The molecule has 0 unspecified atom stereocenters. The van der Waals surface area contributed by atoms with Gasteiger partial charge in [-0.05, 0) is 18.2 Å². The van der Waals surface area contributed by atoms with E-state index in [4.69, 9.17) is 4.74 Å². The Morgan fingerprint density at radius 3 is 3.08 bits per heavy atom. The molecule has 0 radical (unpaired) electrons. The third-order valence-electron chi connectivity index (χ3n) is 3.82. The molecule has 0 saturated heterocycles. The van der Waals surface area contributed by atoms with Gasteiger partial charge in [0.05, 0.1) is 16.9 Å². The first-order chi connectivity index (χ1) is 12.1. The van der Waals surface area contributed by atoms with Crippen molar-refractivity contribution in [3.8, 4) is 5.75 Å². The van der Waals surface area contributed by atoms with Crippen LogP contribution in [0.4, 0.5) is 4.39 Å². The van der Waals surface area contributed by atoms with Crippen LogP contribution < -0.4 is 4.74 Å². The average Bonchev–Trinajstić information content (AvgIpc) is 3.27. The molecule has 0 fully saturated rings. The zero-order valence-electron chi connectivity index (χ0n) is 13.3. The second kappa shape index (κ2) is 6.45. The number of thiazole rings is 1. The summed E-state index contributed by atoms with van der Waals surface area (Å²) in [6.45, 7) is 0.589. The average molecular weight is 375 g/mol. The third kappa shape index (κ3) is 2.98. The highest BCUT2D eigenvalue weighted by Crippen LogP contribution is 2.28. The summed E-state index contributed by atoms with van der Waals surface area (Å²) in [6, 6.07) is 8.09. The number of likely N-dealkylation sites (N-methyl/N-ethyl adjacent to an activating group) is 1. The van der Waals surface area contributed by atoms with Crippen LogP contribution >= 0.6 is 22.7 Å². The Balaban J connectivity index is 1.43. The van der Waals surface area contributed by atoms with Crippen LogP contribution in [0.2, 0.25) is 0 Å². The third-order valence-corrected chi connectivity index (χ3v) is 5.58. The maximum Gasteiger partial charge on any atom is 0.263 e. The lowest BCUT2D eigenvalue weighted by Gasteiger charge is -2.16. The number of carbonyl (C=O) groups excluding carboxylic acids is 1. The summed E-state index contributed by atoms with van der Waals surface area (Å²) >= 11 is 2.94. The lowest BCUT2D eigenvalue weighted by Crippen LogP contribution is -2.30. The highest BCUT2D eigenvalue weighted by molar-refractivity contribution is 7.21. The number of amides is 1. The van der Waals surface area contributed by atoms with Gasteiger partial charge in [-0.25, -0.2) is 9.37 Å². The molecule has 1 amide bonds. The zero-order chi connectivity index (χ0) is 17.4. The van der Waals surface area contributed by atoms with Crippen molar-refractivity contribution in [2.24, 2.45) is 0 Å². The van der Waals surface area contributed by atoms with Gasteiger partial charge in [0.15, 0.2) is 16.5 Å². The van der Waals surface area contributed by atoms with E-state index in [-0.39, 0.29) is 18.3 Å². The van der Waals surface area contributed by atoms with Gasteiger partial charge in [-0.3, -0.25) is 9.20 Å². The molecule has 5 nitrogen and oxygen atoms in total. The minimum atomic E-state index is -0.406. The SMILES string of the molecule is CN(CCOc1ccccc1F)C(=O)c1cc2c(nc3sccn32)s1. The van der Waals surface area contributed by atoms with Gasteiger partial charge in [0, 0.05) is 18.6 Å². The van der Waals surface area contributed by atoms with Crippen molar-refractivity contribution in [2.45, 2.75) is 0 Å². The fraction of sp³-hybridized carbons (Fsp3) is 0.176. The van der Waals surface area contributed by atoms with Crippen LogP contribution in [0, 0.1) is 5.82 Å². The van der Waals surface area contributed by atoms with Gasteiger partial charge < -0.3 is 9.64 Å².